The molecule has 1 aliphatic carbocycles. The topological polar surface area (TPSA) is 6.48 Å². The van der Waals surface area contributed by atoms with Gasteiger partial charge in [-0.2, -0.15) is 0 Å². The first kappa shape index (κ1) is 33.8. The first-order chi connectivity index (χ1) is 26.1. The predicted octanol–water partition coefficient (Wildman–Crippen LogP) is 13.9. The van der Waals surface area contributed by atoms with E-state index in [0.29, 0.717) is 0 Å². The van der Waals surface area contributed by atoms with Gasteiger partial charge in [0, 0.05) is 38.9 Å². The number of rotatable bonds is 7. The summed E-state index contributed by atoms with van der Waals surface area (Å²) in [4.78, 5) is 4.63. The van der Waals surface area contributed by atoms with Crippen molar-refractivity contribution in [1.82, 2.24) is 0 Å². The summed E-state index contributed by atoms with van der Waals surface area (Å²) in [6.07, 6.45) is 0. The summed E-state index contributed by atoms with van der Waals surface area (Å²) in [5.74, 6) is -0.257. The third kappa shape index (κ3) is 5.52. The van der Waals surface area contributed by atoms with Gasteiger partial charge < -0.3 is 9.80 Å². The first-order valence-corrected chi connectivity index (χ1v) is 22.3. The second kappa shape index (κ2) is 12.9. The molecule has 0 atom stereocenters. The van der Waals surface area contributed by atoms with Crippen LogP contribution in [0.5, 0.6) is 0 Å². The van der Waals surface area contributed by atoms with Gasteiger partial charge in [-0.25, -0.2) is 4.39 Å². The summed E-state index contributed by atoms with van der Waals surface area (Å²) in [6.45, 7) is 11.9. The molecule has 0 aliphatic heterocycles. The van der Waals surface area contributed by atoms with E-state index in [2.05, 4.69) is 189 Å². The molecular formula is C50H43FN2Si. The minimum atomic E-state index is -1.67. The van der Waals surface area contributed by atoms with Crippen LogP contribution in [0.4, 0.5) is 38.5 Å². The molecule has 1 aliphatic rings. The van der Waals surface area contributed by atoms with Crippen LogP contribution in [0.1, 0.15) is 25.0 Å². The summed E-state index contributed by atoms with van der Waals surface area (Å²) in [5.41, 5.74) is 11.0. The van der Waals surface area contributed by atoms with E-state index in [9.17, 15) is 0 Å². The van der Waals surface area contributed by atoms with Crippen LogP contribution in [0.25, 0.3) is 32.7 Å². The lowest BCUT2D eigenvalue weighted by molar-refractivity contribution is 0.628. The van der Waals surface area contributed by atoms with E-state index in [1.807, 2.05) is 12.1 Å². The molecule has 0 saturated carbocycles. The Morgan fingerprint density at radius 2 is 1.00 bits per heavy atom. The molecule has 0 fully saturated rings. The number of nitrogens with zero attached hydrogens (tertiary/aromatic N) is 2. The Bertz CT molecular complexity index is 2660. The molecule has 0 unspecified atom stereocenters. The molecule has 8 aromatic carbocycles. The molecule has 4 heteroatoms. The number of hydrogen-bond acceptors (Lipinski definition) is 2. The third-order valence-corrected chi connectivity index (χ3v) is 13.2. The van der Waals surface area contributed by atoms with Crippen LogP contribution in [0, 0.1) is 5.82 Å². The monoisotopic (exact) mass is 718 g/mol. The summed E-state index contributed by atoms with van der Waals surface area (Å²) in [6, 6.07) is 59.6. The average molecular weight is 719 g/mol. The fourth-order valence-corrected chi connectivity index (χ4v) is 10.2. The van der Waals surface area contributed by atoms with E-state index in [0.717, 1.165) is 39.5 Å². The zero-order valence-electron chi connectivity index (χ0n) is 31.4. The van der Waals surface area contributed by atoms with Crippen molar-refractivity contribution in [2.24, 2.45) is 0 Å². The molecule has 2 nitrogen and oxygen atoms in total. The standard InChI is InChI=1S/C50H43FN2Si/c1-50(2)44-32-38(52(35-18-8-6-9-19-35)36-20-10-7-11-21-36)27-28-43(44)49-42-26-15-13-24-40(42)47(33-45(49)50)53(37-22-16-17-34(51)31-37)46-29-30-48(54(3,4)5)41-25-14-12-23-39(41)46/h6-33H,1-5H3. The van der Waals surface area contributed by atoms with Crippen LogP contribution in [0.3, 0.4) is 0 Å². The van der Waals surface area contributed by atoms with Gasteiger partial charge in [0.25, 0.3) is 0 Å². The highest BCUT2D eigenvalue weighted by Gasteiger charge is 2.39. The van der Waals surface area contributed by atoms with E-state index < -0.39 is 8.07 Å². The molecule has 9 rings (SSSR count). The average Bonchev–Trinajstić information content (AvgIpc) is 3.41. The van der Waals surface area contributed by atoms with Gasteiger partial charge in [0.2, 0.25) is 0 Å². The molecule has 0 spiro atoms. The lowest BCUT2D eigenvalue weighted by Crippen LogP contribution is -2.38. The van der Waals surface area contributed by atoms with E-state index in [1.165, 1.54) is 49.7 Å². The van der Waals surface area contributed by atoms with E-state index in [-0.39, 0.29) is 11.2 Å². The summed E-state index contributed by atoms with van der Waals surface area (Å²) < 4.78 is 15.3. The Balaban J connectivity index is 1.29. The molecular weight excluding hydrogens is 676 g/mol. The number of benzene rings is 8. The van der Waals surface area contributed by atoms with Crippen molar-refractivity contribution in [2.45, 2.75) is 38.9 Å². The second-order valence-corrected chi connectivity index (χ2v) is 21.0. The predicted molar refractivity (Wildman–Crippen MR) is 231 cm³/mol. The Kier molecular flexibility index (Phi) is 8.06. The SMILES string of the molecule is CC1(C)c2cc(N(c3ccccc3)c3ccccc3)ccc2-c2c1cc(N(c1cccc(F)c1)c1ccc([Si](C)(C)C)c3ccccc13)c1ccccc21. The van der Waals surface area contributed by atoms with Gasteiger partial charge in [-0.1, -0.05) is 142 Å². The highest BCUT2D eigenvalue weighted by molar-refractivity contribution is 6.90. The Hall–Kier alpha value is -5.97. The van der Waals surface area contributed by atoms with Crippen LogP contribution in [-0.2, 0) is 5.41 Å². The number of hydrogen-bond donors (Lipinski definition) is 0. The maximum atomic E-state index is 15.3. The minimum Gasteiger partial charge on any atom is -0.310 e. The van der Waals surface area contributed by atoms with Crippen molar-refractivity contribution in [3.8, 4) is 11.1 Å². The highest BCUT2D eigenvalue weighted by atomic mass is 28.3. The van der Waals surface area contributed by atoms with Gasteiger partial charge in [-0.15, -0.1) is 0 Å². The quantitative estimate of drug-likeness (QED) is 0.151. The van der Waals surface area contributed by atoms with Crippen molar-refractivity contribution >= 4 is 68.9 Å². The molecule has 0 aromatic heterocycles. The van der Waals surface area contributed by atoms with Gasteiger partial charge in [-0.3, -0.25) is 0 Å². The van der Waals surface area contributed by atoms with Crippen molar-refractivity contribution in [2.75, 3.05) is 9.80 Å². The molecule has 0 N–H and O–H groups in total. The van der Waals surface area contributed by atoms with Gasteiger partial charge >= 0.3 is 0 Å². The van der Waals surface area contributed by atoms with Gasteiger partial charge in [0.15, 0.2) is 0 Å². The van der Waals surface area contributed by atoms with Crippen LogP contribution >= 0.6 is 0 Å². The van der Waals surface area contributed by atoms with Crippen LogP contribution < -0.4 is 15.0 Å². The molecule has 0 heterocycles. The maximum Gasteiger partial charge on any atom is 0.125 e. The van der Waals surface area contributed by atoms with Crippen LogP contribution in [0.2, 0.25) is 19.6 Å². The largest absolute Gasteiger partial charge is 0.310 e. The Morgan fingerprint density at radius 3 is 1.63 bits per heavy atom. The lowest BCUT2D eigenvalue weighted by atomic mass is 9.81. The molecule has 0 saturated heterocycles. The fraction of sp³-hybridized carbons (Fsp3) is 0.120. The summed E-state index contributed by atoms with van der Waals surface area (Å²) >= 11 is 0. The third-order valence-electron chi connectivity index (χ3n) is 11.2. The zero-order valence-corrected chi connectivity index (χ0v) is 32.4. The van der Waals surface area contributed by atoms with Gasteiger partial charge in [0.1, 0.15) is 5.82 Å². The number of halogens is 1. The van der Waals surface area contributed by atoms with Crippen molar-refractivity contribution in [1.29, 1.82) is 0 Å². The van der Waals surface area contributed by atoms with Crippen LogP contribution in [0.15, 0.2) is 170 Å². The molecule has 0 radical (unpaired) electrons. The Morgan fingerprint density at radius 1 is 0.444 bits per heavy atom. The normalized spacial score (nSPS) is 13.1. The number of fused-ring (bicyclic) bond motifs is 6. The first-order valence-electron chi connectivity index (χ1n) is 18.8. The van der Waals surface area contributed by atoms with Crippen LogP contribution in [-0.4, -0.2) is 8.07 Å². The summed E-state index contributed by atoms with van der Waals surface area (Å²) in [7, 11) is -1.67. The molecule has 0 amide bonds. The molecule has 54 heavy (non-hydrogen) atoms. The smallest absolute Gasteiger partial charge is 0.125 e. The summed E-state index contributed by atoms with van der Waals surface area (Å²) in [5, 5.41) is 6.18. The van der Waals surface area contributed by atoms with Gasteiger partial charge in [0.05, 0.1) is 19.4 Å². The Labute approximate surface area is 318 Å². The van der Waals surface area contributed by atoms with Crippen molar-refractivity contribution < 1.29 is 4.39 Å². The zero-order chi connectivity index (χ0) is 37.2. The maximum absolute atomic E-state index is 15.3. The van der Waals surface area contributed by atoms with Crippen molar-refractivity contribution in [3.05, 3.63) is 187 Å². The second-order valence-electron chi connectivity index (χ2n) is 16.0. The van der Waals surface area contributed by atoms with E-state index >= 15 is 4.39 Å². The van der Waals surface area contributed by atoms with Crippen molar-refractivity contribution in [3.63, 3.8) is 0 Å². The number of anilines is 6. The molecule has 0 bridgehead atoms. The molecule has 264 valence electrons. The fourth-order valence-electron chi connectivity index (χ4n) is 8.63. The number of para-hydroxylation sites is 2. The van der Waals surface area contributed by atoms with E-state index in [4.69, 9.17) is 0 Å². The highest BCUT2D eigenvalue weighted by Crippen LogP contribution is 2.56. The van der Waals surface area contributed by atoms with E-state index in [1.54, 1.807) is 6.07 Å². The molecule has 8 aromatic rings. The van der Waals surface area contributed by atoms with Gasteiger partial charge in [-0.05, 0) is 99.8 Å². The lowest BCUT2D eigenvalue weighted by Gasteiger charge is -2.31. The minimum absolute atomic E-state index is 0.257.